The van der Waals surface area contributed by atoms with Crippen molar-refractivity contribution in [3.05, 3.63) is 29.4 Å². The Labute approximate surface area is 124 Å². The van der Waals surface area contributed by atoms with Gasteiger partial charge in [-0.05, 0) is 11.0 Å². The molecule has 116 valence electrons. The van der Waals surface area contributed by atoms with Crippen LogP contribution in [0.5, 0.6) is 0 Å². The van der Waals surface area contributed by atoms with Gasteiger partial charge in [-0.25, -0.2) is 4.39 Å². The number of hydrogen-bond donors (Lipinski definition) is 1. The molecule has 0 saturated heterocycles. The fourth-order valence-corrected chi connectivity index (χ4v) is 2.49. The summed E-state index contributed by atoms with van der Waals surface area (Å²) in [5.74, 6) is 0.0101. The number of nitrogens with zero attached hydrogens (tertiary/aromatic N) is 3. The number of nitrogens with two attached hydrogens (primary N) is 1. The highest BCUT2D eigenvalue weighted by molar-refractivity contribution is 5.96. The summed E-state index contributed by atoms with van der Waals surface area (Å²) in [5.41, 5.74) is 7.38. The number of rotatable bonds is 4. The molecule has 5 nitrogen and oxygen atoms in total. The van der Waals surface area contributed by atoms with Gasteiger partial charge >= 0.3 is 0 Å². The Bertz CT molecular complexity index is 557. The van der Waals surface area contributed by atoms with Gasteiger partial charge in [0.2, 0.25) is 0 Å². The summed E-state index contributed by atoms with van der Waals surface area (Å²) >= 11 is 0. The first-order chi connectivity index (χ1) is 9.84. The van der Waals surface area contributed by atoms with Gasteiger partial charge in [0.05, 0.1) is 24.1 Å². The third-order valence-corrected chi connectivity index (χ3v) is 3.42. The van der Waals surface area contributed by atoms with E-state index in [-0.39, 0.29) is 24.4 Å². The molecule has 1 aliphatic heterocycles. The van der Waals surface area contributed by atoms with Crippen molar-refractivity contribution in [2.24, 2.45) is 11.1 Å². The van der Waals surface area contributed by atoms with Gasteiger partial charge in [-0.2, -0.15) is 5.10 Å². The molecule has 0 aromatic carbocycles. The molecule has 1 aromatic heterocycles. The van der Waals surface area contributed by atoms with E-state index in [2.05, 4.69) is 25.9 Å². The van der Waals surface area contributed by atoms with Crippen molar-refractivity contribution in [1.82, 2.24) is 14.7 Å². The molecular formula is C15H23FN4O. The lowest BCUT2D eigenvalue weighted by atomic mass is 9.94. The predicted octanol–water partition coefficient (Wildman–Crippen LogP) is 1.74. The molecule has 1 aromatic rings. The topological polar surface area (TPSA) is 64.2 Å². The lowest BCUT2D eigenvalue weighted by Gasteiger charge is -2.32. The number of halogens is 1. The largest absolute Gasteiger partial charge is 0.338 e. The van der Waals surface area contributed by atoms with E-state index in [1.54, 1.807) is 10.9 Å². The minimum atomic E-state index is 0.0101. The summed E-state index contributed by atoms with van der Waals surface area (Å²) < 4.78 is 14.2. The third-order valence-electron chi connectivity index (χ3n) is 3.42. The Morgan fingerprint density at radius 2 is 2.24 bits per heavy atom. The number of carbonyl (C=O) groups excluding carboxylic acids is 1. The Morgan fingerprint density at radius 1 is 1.52 bits per heavy atom. The summed E-state index contributed by atoms with van der Waals surface area (Å²) in [4.78, 5) is 14.4. The molecule has 0 radical (unpaired) electrons. The summed E-state index contributed by atoms with van der Waals surface area (Å²) in [7, 11) is 0. The minimum Gasteiger partial charge on any atom is -0.338 e. The van der Waals surface area contributed by atoms with E-state index in [1.807, 2.05) is 4.90 Å². The molecule has 2 N–H and O–H groups in total. The Hall–Kier alpha value is -1.69. The highest BCUT2D eigenvalue weighted by Crippen LogP contribution is 2.22. The zero-order valence-corrected chi connectivity index (χ0v) is 12.9. The highest BCUT2D eigenvalue weighted by atomic mass is 19.1. The van der Waals surface area contributed by atoms with Crippen LogP contribution < -0.4 is 5.73 Å². The first-order valence-electron chi connectivity index (χ1n) is 7.18. The van der Waals surface area contributed by atoms with Gasteiger partial charge in [0.15, 0.2) is 0 Å². The molecule has 6 heteroatoms. The zero-order chi connectivity index (χ0) is 15.6. The van der Waals surface area contributed by atoms with Gasteiger partial charge in [0.25, 0.3) is 5.91 Å². The molecule has 0 saturated carbocycles. The second-order valence-corrected chi connectivity index (χ2v) is 6.70. The molecular weight excluding hydrogens is 271 g/mol. The van der Waals surface area contributed by atoms with Crippen molar-refractivity contribution in [2.45, 2.75) is 33.7 Å². The molecule has 0 unspecified atom stereocenters. The van der Waals surface area contributed by atoms with Crippen LogP contribution in [0.25, 0.3) is 0 Å². The summed E-state index contributed by atoms with van der Waals surface area (Å²) in [6, 6.07) is 0. The van der Waals surface area contributed by atoms with E-state index < -0.39 is 0 Å². The molecule has 2 rings (SSSR count). The zero-order valence-electron chi connectivity index (χ0n) is 12.9. The van der Waals surface area contributed by atoms with Gasteiger partial charge in [-0.1, -0.05) is 20.8 Å². The van der Waals surface area contributed by atoms with Crippen molar-refractivity contribution in [3.63, 3.8) is 0 Å². The van der Waals surface area contributed by atoms with Crippen LogP contribution in [-0.4, -0.2) is 40.2 Å². The number of carbonyl (C=O) groups is 1. The van der Waals surface area contributed by atoms with Crippen LogP contribution in [0, 0.1) is 5.41 Å². The number of fused-ring (bicyclic) bond motifs is 1. The quantitative estimate of drug-likeness (QED) is 0.920. The fraction of sp³-hybridized carbons (Fsp3) is 0.600. The second kappa shape index (κ2) is 5.97. The van der Waals surface area contributed by atoms with Crippen LogP contribution in [-0.2, 0) is 13.0 Å². The molecule has 0 atom stereocenters. The average Bonchev–Trinajstić information content (AvgIpc) is 2.81. The molecule has 1 aliphatic rings. The fourth-order valence-electron chi connectivity index (χ4n) is 2.49. The van der Waals surface area contributed by atoms with Crippen LogP contribution in [0.15, 0.2) is 18.1 Å². The maximum absolute atomic E-state index is 12.6. The Balaban J connectivity index is 2.17. The number of hydrogen-bond acceptors (Lipinski definition) is 3. The molecule has 0 bridgehead atoms. The smallest absolute Gasteiger partial charge is 0.257 e. The van der Waals surface area contributed by atoms with Crippen LogP contribution >= 0.6 is 0 Å². The Kier molecular flexibility index (Phi) is 4.46. The van der Waals surface area contributed by atoms with Crippen LogP contribution in [0.3, 0.4) is 0 Å². The van der Waals surface area contributed by atoms with Crippen LogP contribution in [0.2, 0.25) is 0 Å². The lowest BCUT2D eigenvalue weighted by Crippen LogP contribution is -2.42. The van der Waals surface area contributed by atoms with Gasteiger partial charge < -0.3 is 10.6 Å². The molecule has 0 fully saturated rings. The summed E-state index contributed by atoms with van der Waals surface area (Å²) in [5, 5.41) is 4.37. The summed E-state index contributed by atoms with van der Waals surface area (Å²) in [6.45, 7) is 8.16. The van der Waals surface area contributed by atoms with Crippen LogP contribution in [0.4, 0.5) is 4.39 Å². The van der Waals surface area contributed by atoms with E-state index in [0.717, 1.165) is 18.7 Å². The Morgan fingerprint density at radius 3 is 2.81 bits per heavy atom. The standard InChI is InChI=1S/C15H23FN4O/c1-15(2,3)10-19-5-4-13-12(14(19)21)9-20(18-13)8-11(6-16)7-17/h6,9H,4-5,7-8,10,17H2,1-3H3/b11-6+. The lowest BCUT2D eigenvalue weighted by molar-refractivity contribution is 0.0677. The molecule has 21 heavy (non-hydrogen) atoms. The average molecular weight is 294 g/mol. The van der Waals surface area contributed by atoms with Gasteiger partial charge in [0.1, 0.15) is 0 Å². The van der Waals surface area contributed by atoms with Crippen molar-refractivity contribution in [2.75, 3.05) is 19.6 Å². The monoisotopic (exact) mass is 294 g/mol. The molecule has 2 heterocycles. The first kappa shape index (κ1) is 15.7. The number of amides is 1. The SMILES string of the molecule is CC(C)(C)CN1CCc2nn(C/C(=C/F)CN)cc2C1=O. The van der Waals surface area contributed by atoms with E-state index in [0.29, 0.717) is 24.0 Å². The highest BCUT2D eigenvalue weighted by Gasteiger charge is 2.29. The predicted molar refractivity (Wildman–Crippen MR) is 79.5 cm³/mol. The first-order valence-corrected chi connectivity index (χ1v) is 7.18. The van der Waals surface area contributed by atoms with E-state index in [1.165, 1.54) is 0 Å². The minimum absolute atomic E-state index is 0.0101. The maximum atomic E-state index is 12.6. The van der Waals surface area contributed by atoms with Crippen molar-refractivity contribution in [1.29, 1.82) is 0 Å². The summed E-state index contributed by atoms with van der Waals surface area (Å²) in [6.07, 6.45) is 2.95. The van der Waals surface area contributed by atoms with E-state index in [9.17, 15) is 9.18 Å². The third kappa shape index (κ3) is 3.69. The normalized spacial score (nSPS) is 16.3. The molecule has 1 amide bonds. The van der Waals surface area contributed by atoms with Gasteiger partial charge in [0, 0.05) is 32.3 Å². The molecule has 0 spiro atoms. The van der Waals surface area contributed by atoms with Crippen molar-refractivity contribution in [3.8, 4) is 0 Å². The number of aromatic nitrogens is 2. The second-order valence-electron chi connectivity index (χ2n) is 6.70. The van der Waals surface area contributed by atoms with Gasteiger partial charge in [-0.3, -0.25) is 9.48 Å². The van der Waals surface area contributed by atoms with Gasteiger partial charge in [-0.15, -0.1) is 0 Å². The maximum Gasteiger partial charge on any atom is 0.257 e. The van der Waals surface area contributed by atoms with E-state index in [4.69, 9.17) is 5.73 Å². The van der Waals surface area contributed by atoms with Crippen molar-refractivity contribution < 1.29 is 9.18 Å². The van der Waals surface area contributed by atoms with Crippen molar-refractivity contribution >= 4 is 5.91 Å². The molecule has 0 aliphatic carbocycles. The van der Waals surface area contributed by atoms with Crippen LogP contribution in [0.1, 0.15) is 36.8 Å². The van der Waals surface area contributed by atoms with E-state index >= 15 is 0 Å².